The molecule has 0 heterocycles. The van der Waals surface area contributed by atoms with E-state index in [-0.39, 0.29) is 17.7 Å². The standard InChI is InChI=1S/C10H25N3O2S/c1-9(2)10(8-13(3)4)12-16(14,15)7-5-6-11/h9-10,12H,5-8,11H2,1-4H3. The van der Waals surface area contributed by atoms with Gasteiger partial charge in [-0.3, -0.25) is 0 Å². The summed E-state index contributed by atoms with van der Waals surface area (Å²) in [4.78, 5) is 1.98. The van der Waals surface area contributed by atoms with Gasteiger partial charge in [-0.25, -0.2) is 13.1 Å². The lowest BCUT2D eigenvalue weighted by Crippen LogP contribution is -2.45. The van der Waals surface area contributed by atoms with Crippen molar-refractivity contribution in [1.82, 2.24) is 9.62 Å². The highest BCUT2D eigenvalue weighted by Crippen LogP contribution is 2.05. The second-order valence-corrected chi connectivity index (χ2v) is 6.57. The Hall–Kier alpha value is -0.170. The van der Waals surface area contributed by atoms with Crippen molar-refractivity contribution in [2.75, 3.05) is 32.9 Å². The predicted octanol–water partition coefficient (Wildman–Crippen LogP) is -0.159. The van der Waals surface area contributed by atoms with Gasteiger partial charge in [0.2, 0.25) is 10.0 Å². The van der Waals surface area contributed by atoms with Crippen LogP contribution in [0.25, 0.3) is 0 Å². The summed E-state index contributed by atoms with van der Waals surface area (Å²) in [5.41, 5.74) is 5.31. The van der Waals surface area contributed by atoms with Gasteiger partial charge in [-0.15, -0.1) is 0 Å². The van der Waals surface area contributed by atoms with Crippen molar-refractivity contribution in [3.05, 3.63) is 0 Å². The molecule has 3 N–H and O–H groups in total. The van der Waals surface area contributed by atoms with Gasteiger partial charge in [0.15, 0.2) is 0 Å². The van der Waals surface area contributed by atoms with E-state index in [1.54, 1.807) is 0 Å². The summed E-state index contributed by atoms with van der Waals surface area (Å²) in [6.45, 7) is 5.14. The van der Waals surface area contributed by atoms with Crippen molar-refractivity contribution in [2.24, 2.45) is 11.7 Å². The molecule has 98 valence electrons. The van der Waals surface area contributed by atoms with E-state index >= 15 is 0 Å². The summed E-state index contributed by atoms with van der Waals surface area (Å²) in [5.74, 6) is 0.384. The normalized spacial score (nSPS) is 14.7. The molecule has 0 amide bonds. The number of hydrogen-bond donors (Lipinski definition) is 2. The fourth-order valence-corrected chi connectivity index (χ4v) is 2.81. The molecule has 0 saturated carbocycles. The fourth-order valence-electron chi connectivity index (χ4n) is 1.34. The zero-order valence-corrected chi connectivity index (χ0v) is 11.5. The van der Waals surface area contributed by atoms with Crippen molar-refractivity contribution in [2.45, 2.75) is 26.3 Å². The highest BCUT2D eigenvalue weighted by Gasteiger charge is 2.20. The maximum atomic E-state index is 11.7. The Labute approximate surface area is 99.4 Å². The van der Waals surface area contributed by atoms with Gasteiger partial charge in [0.05, 0.1) is 5.75 Å². The molecule has 0 aliphatic heterocycles. The maximum absolute atomic E-state index is 11.7. The smallest absolute Gasteiger partial charge is 0.211 e. The van der Waals surface area contributed by atoms with Crippen LogP contribution in [0, 0.1) is 5.92 Å². The Morgan fingerprint density at radius 2 is 1.88 bits per heavy atom. The third kappa shape index (κ3) is 7.16. The number of nitrogens with zero attached hydrogens (tertiary/aromatic N) is 1. The molecule has 1 atom stereocenters. The molecule has 0 fully saturated rings. The third-order valence-corrected chi connectivity index (χ3v) is 3.80. The van der Waals surface area contributed by atoms with Gasteiger partial charge in [-0.1, -0.05) is 13.8 Å². The van der Waals surface area contributed by atoms with E-state index in [0.29, 0.717) is 19.5 Å². The molecule has 0 aliphatic carbocycles. The second kappa shape index (κ2) is 7.21. The summed E-state index contributed by atoms with van der Waals surface area (Å²) in [7, 11) is 0.678. The summed E-state index contributed by atoms with van der Waals surface area (Å²) >= 11 is 0. The van der Waals surface area contributed by atoms with Crippen molar-refractivity contribution < 1.29 is 8.42 Å². The molecular formula is C10H25N3O2S. The van der Waals surface area contributed by atoms with Crippen LogP contribution >= 0.6 is 0 Å². The van der Waals surface area contributed by atoms with E-state index < -0.39 is 10.0 Å². The van der Waals surface area contributed by atoms with Crippen molar-refractivity contribution >= 4 is 10.0 Å². The first-order valence-corrected chi connectivity index (χ1v) is 7.28. The minimum Gasteiger partial charge on any atom is -0.330 e. The highest BCUT2D eigenvalue weighted by molar-refractivity contribution is 7.89. The zero-order chi connectivity index (χ0) is 12.8. The highest BCUT2D eigenvalue weighted by atomic mass is 32.2. The number of likely N-dealkylation sites (N-methyl/N-ethyl adjacent to an activating group) is 1. The van der Waals surface area contributed by atoms with Crippen LogP contribution < -0.4 is 10.5 Å². The molecule has 0 aromatic heterocycles. The first-order valence-electron chi connectivity index (χ1n) is 5.63. The summed E-state index contributed by atoms with van der Waals surface area (Å²) in [6.07, 6.45) is 0.502. The molecule has 5 nitrogen and oxygen atoms in total. The van der Waals surface area contributed by atoms with E-state index in [0.717, 1.165) is 0 Å². The van der Waals surface area contributed by atoms with Crippen LogP contribution in [-0.4, -0.2) is 52.3 Å². The van der Waals surface area contributed by atoms with Crippen LogP contribution in [0.4, 0.5) is 0 Å². The molecular weight excluding hydrogens is 226 g/mol. The lowest BCUT2D eigenvalue weighted by Gasteiger charge is -2.25. The predicted molar refractivity (Wildman–Crippen MR) is 67.8 cm³/mol. The number of rotatable bonds is 8. The third-order valence-electron chi connectivity index (χ3n) is 2.31. The molecule has 1 unspecified atom stereocenters. The van der Waals surface area contributed by atoms with Gasteiger partial charge in [-0.2, -0.15) is 0 Å². The van der Waals surface area contributed by atoms with Crippen LogP contribution in [0.3, 0.4) is 0 Å². The second-order valence-electron chi connectivity index (χ2n) is 4.69. The molecule has 0 aromatic carbocycles. The van der Waals surface area contributed by atoms with E-state index in [9.17, 15) is 8.42 Å². The lowest BCUT2D eigenvalue weighted by atomic mass is 10.1. The minimum absolute atomic E-state index is 0.0437. The number of nitrogens with two attached hydrogens (primary N) is 1. The van der Waals surface area contributed by atoms with E-state index in [2.05, 4.69) is 4.72 Å². The van der Waals surface area contributed by atoms with Crippen LogP contribution in [0.15, 0.2) is 0 Å². The Morgan fingerprint density at radius 3 is 2.25 bits per heavy atom. The van der Waals surface area contributed by atoms with Crippen LogP contribution in [0.2, 0.25) is 0 Å². The molecule has 0 radical (unpaired) electrons. The summed E-state index contributed by atoms with van der Waals surface area (Å²) in [5, 5.41) is 0. The molecule has 0 spiro atoms. The Morgan fingerprint density at radius 1 is 1.31 bits per heavy atom. The molecule has 16 heavy (non-hydrogen) atoms. The largest absolute Gasteiger partial charge is 0.330 e. The topological polar surface area (TPSA) is 75.4 Å². The van der Waals surface area contributed by atoms with Gasteiger partial charge in [-0.05, 0) is 33.0 Å². The van der Waals surface area contributed by atoms with Gasteiger partial charge in [0.25, 0.3) is 0 Å². The lowest BCUT2D eigenvalue weighted by molar-refractivity contribution is 0.314. The maximum Gasteiger partial charge on any atom is 0.211 e. The monoisotopic (exact) mass is 251 g/mol. The van der Waals surface area contributed by atoms with Crippen molar-refractivity contribution in [1.29, 1.82) is 0 Å². The Bertz CT molecular complexity index is 276. The number of nitrogens with one attached hydrogen (secondary N) is 1. The molecule has 6 heteroatoms. The van der Waals surface area contributed by atoms with E-state index in [1.807, 2.05) is 32.8 Å². The number of sulfonamides is 1. The Balaban J connectivity index is 4.38. The van der Waals surface area contributed by atoms with Gasteiger partial charge in [0, 0.05) is 12.6 Å². The SMILES string of the molecule is CC(C)C(CN(C)C)NS(=O)(=O)CCCN. The number of hydrogen-bond acceptors (Lipinski definition) is 4. The fraction of sp³-hybridized carbons (Fsp3) is 1.00. The summed E-state index contributed by atoms with van der Waals surface area (Å²) < 4.78 is 26.1. The molecule has 0 rings (SSSR count). The average molecular weight is 251 g/mol. The van der Waals surface area contributed by atoms with Gasteiger partial charge >= 0.3 is 0 Å². The molecule has 0 saturated heterocycles. The van der Waals surface area contributed by atoms with Crippen molar-refractivity contribution in [3.63, 3.8) is 0 Å². The minimum atomic E-state index is -3.19. The van der Waals surface area contributed by atoms with E-state index in [4.69, 9.17) is 5.73 Å². The van der Waals surface area contributed by atoms with Crippen LogP contribution in [0.5, 0.6) is 0 Å². The quantitative estimate of drug-likeness (QED) is 0.628. The average Bonchev–Trinajstić information content (AvgIpc) is 2.12. The van der Waals surface area contributed by atoms with E-state index in [1.165, 1.54) is 0 Å². The molecule has 0 bridgehead atoms. The van der Waals surface area contributed by atoms with Crippen LogP contribution in [-0.2, 0) is 10.0 Å². The van der Waals surface area contributed by atoms with Crippen LogP contribution in [0.1, 0.15) is 20.3 Å². The first kappa shape index (κ1) is 15.8. The van der Waals surface area contributed by atoms with Gasteiger partial charge < -0.3 is 10.6 Å². The first-order chi connectivity index (χ1) is 7.28. The zero-order valence-electron chi connectivity index (χ0n) is 10.7. The Kier molecular flexibility index (Phi) is 7.14. The molecule has 0 aliphatic rings. The van der Waals surface area contributed by atoms with Crippen molar-refractivity contribution in [3.8, 4) is 0 Å². The summed E-state index contributed by atoms with van der Waals surface area (Å²) in [6, 6.07) is -0.0437. The van der Waals surface area contributed by atoms with Gasteiger partial charge in [0.1, 0.15) is 0 Å². The molecule has 0 aromatic rings.